The summed E-state index contributed by atoms with van der Waals surface area (Å²) in [5.41, 5.74) is 1.65. The molecule has 2 N–H and O–H groups in total. The van der Waals surface area contributed by atoms with Crippen molar-refractivity contribution in [3.8, 4) is 0 Å². The van der Waals surface area contributed by atoms with E-state index >= 15 is 0 Å². The second-order valence-corrected chi connectivity index (χ2v) is 7.82. The standard InChI is InChI=1S/C23H28F3N3O4/c1-4-17-19(22(31)32-3)14(2)20(28-17)21(30)27-13-18(29-9-11-33-12-10-29)15-5-7-16(8-6-15)23(24,25)26/h5-8,18,28H,4,9-13H2,1-3H3,(H,27,30). The van der Waals surface area contributed by atoms with Gasteiger partial charge >= 0.3 is 12.1 Å². The summed E-state index contributed by atoms with van der Waals surface area (Å²) in [7, 11) is 1.28. The number of rotatable bonds is 7. The zero-order valence-corrected chi connectivity index (χ0v) is 18.8. The fourth-order valence-corrected chi connectivity index (χ4v) is 4.05. The molecule has 10 heteroatoms. The summed E-state index contributed by atoms with van der Waals surface area (Å²) in [5, 5.41) is 2.88. The number of nitrogens with one attached hydrogen (secondary N) is 2. The average Bonchev–Trinajstić information content (AvgIpc) is 3.15. The van der Waals surface area contributed by atoms with Crippen molar-refractivity contribution in [3.63, 3.8) is 0 Å². The molecule has 1 amide bonds. The van der Waals surface area contributed by atoms with E-state index in [1.54, 1.807) is 6.92 Å². The van der Waals surface area contributed by atoms with E-state index in [4.69, 9.17) is 9.47 Å². The minimum Gasteiger partial charge on any atom is -0.465 e. The van der Waals surface area contributed by atoms with Gasteiger partial charge in [0.15, 0.2) is 0 Å². The zero-order chi connectivity index (χ0) is 24.2. The third kappa shape index (κ3) is 5.56. The number of carbonyl (C=O) groups is 2. The summed E-state index contributed by atoms with van der Waals surface area (Å²) in [4.78, 5) is 30.2. The Bertz CT molecular complexity index is 980. The monoisotopic (exact) mass is 467 g/mol. The van der Waals surface area contributed by atoms with Gasteiger partial charge in [0.25, 0.3) is 5.91 Å². The second-order valence-electron chi connectivity index (χ2n) is 7.82. The molecular formula is C23H28F3N3O4. The topological polar surface area (TPSA) is 83.7 Å². The number of aryl methyl sites for hydroxylation is 1. The van der Waals surface area contributed by atoms with E-state index in [2.05, 4.69) is 15.2 Å². The number of hydrogen-bond acceptors (Lipinski definition) is 5. The molecule has 33 heavy (non-hydrogen) atoms. The molecule has 1 saturated heterocycles. The Morgan fingerprint density at radius 2 is 1.85 bits per heavy atom. The van der Waals surface area contributed by atoms with Gasteiger partial charge in [-0.25, -0.2) is 4.79 Å². The molecular weight excluding hydrogens is 439 g/mol. The van der Waals surface area contributed by atoms with Crippen LogP contribution in [0.5, 0.6) is 0 Å². The van der Waals surface area contributed by atoms with Gasteiger partial charge in [-0.3, -0.25) is 9.69 Å². The van der Waals surface area contributed by atoms with E-state index in [0.29, 0.717) is 55.1 Å². The number of benzene rings is 1. The molecule has 3 rings (SSSR count). The number of morpholine rings is 1. The predicted octanol–water partition coefficient (Wildman–Crippen LogP) is 3.49. The summed E-state index contributed by atoms with van der Waals surface area (Å²) >= 11 is 0. The maximum Gasteiger partial charge on any atom is 0.416 e. The Labute approximate surface area is 190 Å². The number of halogens is 3. The number of carbonyl (C=O) groups excluding carboxylic acids is 2. The van der Waals surface area contributed by atoms with E-state index in [1.807, 2.05) is 6.92 Å². The van der Waals surface area contributed by atoms with Gasteiger partial charge in [0.1, 0.15) is 5.69 Å². The van der Waals surface area contributed by atoms with Crippen molar-refractivity contribution in [1.82, 2.24) is 15.2 Å². The quantitative estimate of drug-likeness (QED) is 0.609. The highest BCUT2D eigenvalue weighted by Gasteiger charge is 2.31. The van der Waals surface area contributed by atoms with Crippen LogP contribution in [-0.4, -0.2) is 61.7 Å². The number of ether oxygens (including phenoxy) is 2. The third-order valence-electron chi connectivity index (χ3n) is 5.86. The number of amides is 1. The van der Waals surface area contributed by atoms with Gasteiger partial charge < -0.3 is 19.8 Å². The minimum absolute atomic E-state index is 0.178. The lowest BCUT2D eigenvalue weighted by molar-refractivity contribution is -0.137. The van der Waals surface area contributed by atoms with Gasteiger partial charge in [-0.05, 0) is 36.6 Å². The van der Waals surface area contributed by atoms with E-state index < -0.39 is 23.6 Å². The number of nitrogens with zero attached hydrogens (tertiary/aromatic N) is 1. The Kier molecular flexibility index (Phi) is 7.80. The van der Waals surface area contributed by atoms with Crippen LogP contribution in [-0.2, 0) is 22.1 Å². The average molecular weight is 467 g/mol. The van der Waals surface area contributed by atoms with Crippen LogP contribution in [0.3, 0.4) is 0 Å². The molecule has 1 fully saturated rings. The molecule has 1 unspecified atom stereocenters. The van der Waals surface area contributed by atoms with Crippen molar-refractivity contribution < 1.29 is 32.2 Å². The van der Waals surface area contributed by atoms with Crippen molar-refractivity contribution in [2.75, 3.05) is 40.0 Å². The highest BCUT2D eigenvalue weighted by Crippen LogP contribution is 2.31. The van der Waals surface area contributed by atoms with E-state index in [-0.39, 0.29) is 18.3 Å². The second kappa shape index (κ2) is 10.4. The molecule has 7 nitrogen and oxygen atoms in total. The summed E-state index contributed by atoms with van der Waals surface area (Å²) in [5.74, 6) is -0.918. The maximum atomic E-state index is 13.0. The molecule has 0 spiro atoms. The van der Waals surface area contributed by atoms with Gasteiger partial charge in [-0.15, -0.1) is 0 Å². The van der Waals surface area contributed by atoms with Crippen LogP contribution < -0.4 is 5.32 Å². The van der Waals surface area contributed by atoms with Crippen LogP contribution in [0.1, 0.15) is 56.2 Å². The maximum absolute atomic E-state index is 13.0. The normalized spacial score (nSPS) is 15.8. The lowest BCUT2D eigenvalue weighted by Gasteiger charge is -2.35. The molecule has 2 aromatic rings. The fraction of sp³-hybridized carbons (Fsp3) is 0.478. The fourth-order valence-electron chi connectivity index (χ4n) is 4.05. The van der Waals surface area contributed by atoms with Gasteiger partial charge in [-0.1, -0.05) is 19.1 Å². The number of aromatic amines is 1. The lowest BCUT2D eigenvalue weighted by Crippen LogP contribution is -2.44. The van der Waals surface area contributed by atoms with Crippen molar-refractivity contribution in [2.24, 2.45) is 0 Å². The molecule has 1 aliphatic rings. The van der Waals surface area contributed by atoms with Crippen LogP contribution in [0.4, 0.5) is 13.2 Å². The molecule has 1 atom stereocenters. The van der Waals surface area contributed by atoms with Crippen molar-refractivity contribution in [3.05, 3.63) is 57.9 Å². The molecule has 0 aliphatic carbocycles. The first-order valence-electron chi connectivity index (χ1n) is 10.7. The highest BCUT2D eigenvalue weighted by atomic mass is 19.4. The Hall–Kier alpha value is -2.85. The smallest absolute Gasteiger partial charge is 0.416 e. The lowest BCUT2D eigenvalue weighted by atomic mass is 10.0. The Balaban J connectivity index is 1.82. The van der Waals surface area contributed by atoms with Gasteiger partial charge in [-0.2, -0.15) is 13.2 Å². The SMILES string of the molecule is CCc1[nH]c(C(=O)NCC(c2ccc(C(F)(F)F)cc2)N2CCOCC2)c(C)c1C(=O)OC. The molecule has 0 radical (unpaired) electrons. The third-order valence-corrected chi connectivity index (χ3v) is 5.86. The minimum atomic E-state index is -4.42. The van der Waals surface area contributed by atoms with E-state index in [0.717, 1.165) is 12.1 Å². The molecule has 1 aliphatic heterocycles. The Morgan fingerprint density at radius 3 is 2.39 bits per heavy atom. The highest BCUT2D eigenvalue weighted by molar-refractivity contribution is 6.00. The number of hydrogen-bond donors (Lipinski definition) is 2. The van der Waals surface area contributed by atoms with Gasteiger partial charge in [0.2, 0.25) is 0 Å². The first kappa shape index (κ1) is 24.8. The number of H-pyrrole nitrogens is 1. The molecule has 0 bridgehead atoms. The first-order valence-corrected chi connectivity index (χ1v) is 10.7. The number of aromatic nitrogens is 1. The summed E-state index contributed by atoms with van der Waals surface area (Å²) in [6.45, 7) is 5.90. The van der Waals surface area contributed by atoms with Crippen LogP contribution in [0.25, 0.3) is 0 Å². The van der Waals surface area contributed by atoms with E-state index in [1.165, 1.54) is 19.2 Å². The first-order chi connectivity index (χ1) is 15.7. The Morgan fingerprint density at radius 1 is 1.21 bits per heavy atom. The summed E-state index contributed by atoms with van der Waals surface area (Å²) in [6.07, 6.45) is -3.90. The summed E-state index contributed by atoms with van der Waals surface area (Å²) < 4.78 is 49.2. The zero-order valence-electron chi connectivity index (χ0n) is 18.8. The molecule has 1 aromatic heterocycles. The van der Waals surface area contributed by atoms with Crippen LogP contribution in [0, 0.1) is 6.92 Å². The van der Waals surface area contributed by atoms with Crippen molar-refractivity contribution >= 4 is 11.9 Å². The summed E-state index contributed by atoms with van der Waals surface area (Å²) in [6, 6.07) is 4.66. The van der Waals surface area contributed by atoms with E-state index in [9.17, 15) is 22.8 Å². The van der Waals surface area contributed by atoms with Crippen molar-refractivity contribution in [2.45, 2.75) is 32.5 Å². The number of esters is 1. The number of methoxy groups -OCH3 is 1. The predicted molar refractivity (Wildman–Crippen MR) is 115 cm³/mol. The van der Waals surface area contributed by atoms with Crippen LogP contribution in [0.15, 0.2) is 24.3 Å². The van der Waals surface area contributed by atoms with Crippen molar-refractivity contribution in [1.29, 1.82) is 0 Å². The van der Waals surface area contributed by atoms with Crippen LogP contribution in [0.2, 0.25) is 0 Å². The van der Waals surface area contributed by atoms with Gasteiger partial charge in [0.05, 0.1) is 37.5 Å². The molecule has 1 aromatic carbocycles. The largest absolute Gasteiger partial charge is 0.465 e. The molecule has 0 saturated carbocycles. The molecule has 180 valence electrons. The molecule has 2 heterocycles. The van der Waals surface area contributed by atoms with Crippen LogP contribution >= 0.6 is 0 Å². The number of alkyl halides is 3. The van der Waals surface area contributed by atoms with Gasteiger partial charge in [0, 0.05) is 25.3 Å².